The molecule has 0 fully saturated rings. The number of carbonyl (C=O) groups is 2. The van der Waals surface area contributed by atoms with Crippen LogP contribution in [0.5, 0.6) is 0 Å². The highest BCUT2D eigenvalue weighted by atomic mass is 32.2. The molecule has 0 saturated heterocycles. The van der Waals surface area contributed by atoms with Gasteiger partial charge in [-0.1, -0.05) is 32.9 Å². The maximum atomic E-state index is 11.8. The Morgan fingerprint density at radius 3 is 2.33 bits per heavy atom. The molecule has 0 saturated carbocycles. The van der Waals surface area contributed by atoms with Crippen molar-refractivity contribution in [2.45, 2.75) is 32.6 Å². The minimum absolute atomic E-state index is 0.0617. The Morgan fingerprint density at radius 2 is 1.81 bits per heavy atom. The van der Waals surface area contributed by atoms with Crippen molar-refractivity contribution in [3.05, 3.63) is 29.8 Å². The molecule has 1 N–H and O–H groups in total. The van der Waals surface area contributed by atoms with Crippen molar-refractivity contribution in [3.8, 4) is 0 Å². The monoisotopic (exact) mass is 309 g/mol. The van der Waals surface area contributed by atoms with E-state index in [0.29, 0.717) is 17.9 Å². The highest BCUT2D eigenvalue weighted by molar-refractivity contribution is 7.99. The van der Waals surface area contributed by atoms with Crippen molar-refractivity contribution in [1.29, 1.82) is 0 Å². The summed E-state index contributed by atoms with van der Waals surface area (Å²) in [6.45, 7) is 6.45. The highest BCUT2D eigenvalue weighted by Gasteiger charge is 2.13. The average molecular weight is 309 g/mol. The van der Waals surface area contributed by atoms with E-state index in [1.54, 1.807) is 0 Å². The van der Waals surface area contributed by atoms with Crippen LogP contribution in [0.3, 0.4) is 0 Å². The number of thioether (sulfide) groups is 1. The Labute approximate surface area is 130 Å². The van der Waals surface area contributed by atoms with E-state index in [0.717, 1.165) is 5.69 Å². The summed E-state index contributed by atoms with van der Waals surface area (Å²) in [6.07, 6.45) is 0.328. The molecule has 116 valence electrons. The predicted molar refractivity (Wildman–Crippen MR) is 87.7 cm³/mol. The van der Waals surface area contributed by atoms with Gasteiger partial charge in [0.15, 0.2) is 0 Å². The molecule has 0 aliphatic rings. The van der Waals surface area contributed by atoms with E-state index in [2.05, 4.69) is 30.8 Å². The van der Waals surface area contributed by atoms with Gasteiger partial charge in [0, 0.05) is 11.4 Å². The molecule has 0 heterocycles. The smallest absolute Gasteiger partial charge is 0.306 e. The van der Waals surface area contributed by atoms with Gasteiger partial charge in [0.2, 0.25) is 5.91 Å². The van der Waals surface area contributed by atoms with E-state index < -0.39 is 0 Å². The minimum Gasteiger partial charge on any atom is -0.469 e. The van der Waals surface area contributed by atoms with Gasteiger partial charge in [-0.25, -0.2) is 0 Å². The van der Waals surface area contributed by atoms with Crippen molar-refractivity contribution < 1.29 is 14.3 Å². The van der Waals surface area contributed by atoms with Crippen LogP contribution in [-0.4, -0.2) is 30.5 Å². The van der Waals surface area contributed by atoms with Crippen LogP contribution < -0.4 is 5.32 Å². The largest absolute Gasteiger partial charge is 0.469 e. The fourth-order valence-corrected chi connectivity index (χ4v) is 2.39. The Hall–Kier alpha value is -1.49. The molecular weight excluding hydrogens is 286 g/mol. The fraction of sp³-hybridized carbons (Fsp3) is 0.500. The first-order valence-electron chi connectivity index (χ1n) is 6.88. The number of rotatable bonds is 6. The van der Waals surface area contributed by atoms with Gasteiger partial charge in [0.25, 0.3) is 0 Å². The van der Waals surface area contributed by atoms with Crippen LogP contribution in [0, 0.1) is 0 Å². The van der Waals surface area contributed by atoms with E-state index in [-0.39, 0.29) is 17.3 Å². The number of hydrogen-bond donors (Lipinski definition) is 1. The molecule has 0 aliphatic carbocycles. The summed E-state index contributed by atoms with van der Waals surface area (Å²) in [7, 11) is 1.36. The van der Waals surface area contributed by atoms with Gasteiger partial charge in [-0.15, -0.1) is 0 Å². The van der Waals surface area contributed by atoms with Crippen molar-refractivity contribution >= 4 is 29.3 Å². The third-order valence-electron chi connectivity index (χ3n) is 2.95. The van der Waals surface area contributed by atoms with Gasteiger partial charge in [-0.05, 0) is 23.1 Å². The quantitative estimate of drug-likeness (QED) is 0.647. The highest BCUT2D eigenvalue weighted by Crippen LogP contribution is 2.23. The molecule has 1 aromatic rings. The average Bonchev–Trinajstić information content (AvgIpc) is 2.43. The summed E-state index contributed by atoms with van der Waals surface area (Å²) in [6, 6.07) is 7.88. The molecule has 4 nitrogen and oxygen atoms in total. The Kier molecular flexibility index (Phi) is 6.75. The molecule has 0 atom stereocenters. The lowest BCUT2D eigenvalue weighted by atomic mass is 9.87. The van der Waals surface area contributed by atoms with E-state index in [9.17, 15) is 9.59 Å². The first-order valence-corrected chi connectivity index (χ1v) is 8.03. The topological polar surface area (TPSA) is 55.4 Å². The molecule has 0 aliphatic heterocycles. The predicted octanol–water partition coefficient (Wildman–Crippen LogP) is 3.22. The maximum absolute atomic E-state index is 11.8. The van der Waals surface area contributed by atoms with Crippen LogP contribution in [0.1, 0.15) is 32.8 Å². The normalized spacial score (nSPS) is 11.0. The van der Waals surface area contributed by atoms with Gasteiger partial charge in [0.1, 0.15) is 0 Å². The second-order valence-electron chi connectivity index (χ2n) is 5.75. The summed E-state index contributed by atoms with van der Waals surface area (Å²) >= 11 is 1.42. The number of anilines is 1. The number of benzene rings is 1. The van der Waals surface area contributed by atoms with E-state index in [1.807, 2.05) is 24.3 Å². The van der Waals surface area contributed by atoms with E-state index in [4.69, 9.17) is 0 Å². The Bertz CT molecular complexity index is 477. The molecule has 5 heteroatoms. The Morgan fingerprint density at radius 1 is 1.19 bits per heavy atom. The number of ether oxygens (including phenoxy) is 1. The zero-order chi connectivity index (χ0) is 15.9. The maximum Gasteiger partial charge on any atom is 0.306 e. The van der Waals surface area contributed by atoms with Crippen LogP contribution in [0.4, 0.5) is 5.69 Å². The fourth-order valence-electron chi connectivity index (χ4n) is 1.67. The number of esters is 1. The van der Waals surface area contributed by atoms with Crippen LogP contribution in [-0.2, 0) is 19.7 Å². The van der Waals surface area contributed by atoms with Crippen molar-refractivity contribution in [2.75, 3.05) is 23.9 Å². The van der Waals surface area contributed by atoms with Crippen LogP contribution in [0.25, 0.3) is 0 Å². The molecular formula is C16H23NO3S. The van der Waals surface area contributed by atoms with Gasteiger partial charge in [-0.3, -0.25) is 9.59 Å². The zero-order valence-corrected chi connectivity index (χ0v) is 13.9. The third kappa shape index (κ3) is 6.67. The summed E-state index contributed by atoms with van der Waals surface area (Å²) < 4.78 is 4.54. The molecule has 0 spiro atoms. The number of nitrogens with one attached hydrogen (secondary N) is 1. The van der Waals surface area contributed by atoms with Crippen molar-refractivity contribution in [3.63, 3.8) is 0 Å². The van der Waals surface area contributed by atoms with Crippen molar-refractivity contribution in [2.24, 2.45) is 0 Å². The first kappa shape index (κ1) is 17.6. The van der Waals surface area contributed by atoms with Gasteiger partial charge in [-0.2, -0.15) is 11.8 Å². The SMILES string of the molecule is COC(=O)CCSCC(=O)Nc1ccc(C(C)(C)C)cc1. The van der Waals surface area contributed by atoms with E-state index >= 15 is 0 Å². The number of carbonyl (C=O) groups excluding carboxylic acids is 2. The molecule has 0 radical (unpaired) electrons. The Balaban J connectivity index is 2.36. The second kappa shape index (κ2) is 8.08. The first-order chi connectivity index (χ1) is 9.82. The van der Waals surface area contributed by atoms with Crippen LogP contribution in [0.2, 0.25) is 0 Å². The number of amides is 1. The molecule has 1 aromatic carbocycles. The summed E-state index contributed by atoms with van der Waals surface area (Å²) in [4.78, 5) is 22.7. The minimum atomic E-state index is -0.249. The number of hydrogen-bond acceptors (Lipinski definition) is 4. The molecule has 0 aromatic heterocycles. The summed E-state index contributed by atoms with van der Waals surface area (Å²) in [5.41, 5.74) is 2.13. The number of methoxy groups -OCH3 is 1. The zero-order valence-electron chi connectivity index (χ0n) is 13.1. The molecule has 1 amide bonds. The molecule has 0 bridgehead atoms. The standard InChI is InChI=1S/C16H23NO3S/c1-16(2,3)12-5-7-13(8-6-12)17-14(18)11-21-10-9-15(19)20-4/h5-8H,9-11H2,1-4H3,(H,17,18). The lowest BCUT2D eigenvalue weighted by Gasteiger charge is -2.19. The molecule has 0 unspecified atom stereocenters. The lowest BCUT2D eigenvalue weighted by molar-refractivity contribution is -0.140. The lowest BCUT2D eigenvalue weighted by Crippen LogP contribution is -2.15. The molecule has 1 rings (SSSR count). The second-order valence-corrected chi connectivity index (χ2v) is 6.86. The van der Waals surface area contributed by atoms with Gasteiger partial charge >= 0.3 is 5.97 Å². The van der Waals surface area contributed by atoms with Gasteiger partial charge in [0.05, 0.1) is 19.3 Å². The van der Waals surface area contributed by atoms with Crippen LogP contribution >= 0.6 is 11.8 Å². The summed E-state index contributed by atoms with van der Waals surface area (Å²) in [5.74, 6) is 0.607. The summed E-state index contributed by atoms with van der Waals surface area (Å²) in [5, 5.41) is 2.85. The van der Waals surface area contributed by atoms with Crippen molar-refractivity contribution in [1.82, 2.24) is 0 Å². The van der Waals surface area contributed by atoms with E-state index in [1.165, 1.54) is 24.4 Å². The third-order valence-corrected chi connectivity index (χ3v) is 3.91. The van der Waals surface area contributed by atoms with Gasteiger partial charge < -0.3 is 10.1 Å². The molecule has 21 heavy (non-hydrogen) atoms. The van der Waals surface area contributed by atoms with Crippen LogP contribution in [0.15, 0.2) is 24.3 Å².